The van der Waals surface area contributed by atoms with E-state index >= 15 is 0 Å². The lowest BCUT2D eigenvalue weighted by Crippen LogP contribution is -2.12. The van der Waals surface area contributed by atoms with Gasteiger partial charge >= 0.3 is 0 Å². The van der Waals surface area contributed by atoms with Crippen LogP contribution in [0.5, 0.6) is 0 Å². The minimum atomic E-state index is -0.265. The average Bonchev–Trinajstić information content (AvgIpc) is 3.44. The third-order valence-electron chi connectivity index (χ3n) is 3.87. The Labute approximate surface area is 163 Å². The van der Waals surface area contributed by atoms with E-state index in [1.165, 1.54) is 29.7 Å². The first kappa shape index (κ1) is 18.1. The second kappa shape index (κ2) is 8.13. The first-order valence-corrected chi connectivity index (χ1v) is 9.33. The van der Waals surface area contributed by atoms with Gasteiger partial charge in [0.2, 0.25) is 17.6 Å². The monoisotopic (exact) mass is 398 g/mol. The summed E-state index contributed by atoms with van der Waals surface area (Å²) >= 11 is 1.38. The number of benzene rings is 1. The van der Waals surface area contributed by atoms with E-state index in [2.05, 4.69) is 20.4 Å². The second-order valence-corrected chi connectivity index (χ2v) is 7.09. The first-order chi connectivity index (χ1) is 13.7. The number of halogens is 1. The van der Waals surface area contributed by atoms with Gasteiger partial charge in [-0.2, -0.15) is 4.98 Å². The van der Waals surface area contributed by atoms with E-state index in [1.807, 2.05) is 0 Å². The van der Waals surface area contributed by atoms with Gasteiger partial charge in [-0.3, -0.25) is 4.79 Å². The number of anilines is 1. The molecule has 1 N–H and O–H groups in total. The summed E-state index contributed by atoms with van der Waals surface area (Å²) in [6.07, 6.45) is 4.36. The van der Waals surface area contributed by atoms with Gasteiger partial charge in [0.25, 0.3) is 0 Å². The Morgan fingerprint density at radius 3 is 2.86 bits per heavy atom. The van der Waals surface area contributed by atoms with Crippen molar-refractivity contribution in [2.45, 2.75) is 19.3 Å². The number of furan rings is 1. The van der Waals surface area contributed by atoms with Crippen molar-refractivity contribution in [1.29, 1.82) is 0 Å². The van der Waals surface area contributed by atoms with Crippen molar-refractivity contribution in [3.8, 4) is 11.6 Å². The van der Waals surface area contributed by atoms with Crippen LogP contribution in [0.4, 0.5) is 9.52 Å². The van der Waals surface area contributed by atoms with Crippen molar-refractivity contribution >= 4 is 22.4 Å². The molecular formula is C19H15FN4O3S. The molecule has 0 unspecified atom stereocenters. The number of aryl methyl sites for hydroxylation is 1. The molecule has 0 bridgehead atoms. The van der Waals surface area contributed by atoms with Gasteiger partial charge in [0.15, 0.2) is 10.9 Å². The van der Waals surface area contributed by atoms with Crippen molar-refractivity contribution < 1.29 is 18.1 Å². The normalized spacial score (nSPS) is 10.9. The van der Waals surface area contributed by atoms with E-state index < -0.39 is 0 Å². The van der Waals surface area contributed by atoms with Crippen LogP contribution in [0.2, 0.25) is 0 Å². The fraction of sp³-hybridized carbons (Fsp3) is 0.158. The Morgan fingerprint density at radius 1 is 1.21 bits per heavy atom. The zero-order chi connectivity index (χ0) is 19.3. The molecule has 0 saturated carbocycles. The van der Waals surface area contributed by atoms with Crippen LogP contribution in [-0.2, 0) is 17.6 Å². The highest BCUT2D eigenvalue weighted by atomic mass is 32.1. The fourth-order valence-corrected chi connectivity index (χ4v) is 3.38. The van der Waals surface area contributed by atoms with Gasteiger partial charge in [0, 0.05) is 30.3 Å². The molecule has 0 radical (unpaired) electrons. The molecule has 7 nitrogen and oxygen atoms in total. The number of nitrogens with zero attached hydrogens (tertiary/aromatic N) is 3. The molecule has 0 spiro atoms. The van der Waals surface area contributed by atoms with Crippen LogP contribution in [0.3, 0.4) is 0 Å². The Balaban J connectivity index is 1.28. The van der Waals surface area contributed by atoms with Crippen LogP contribution in [0.1, 0.15) is 22.8 Å². The third-order valence-corrected chi connectivity index (χ3v) is 4.78. The van der Waals surface area contributed by atoms with Gasteiger partial charge < -0.3 is 14.3 Å². The van der Waals surface area contributed by atoms with Gasteiger partial charge in [0.05, 0.1) is 6.26 Å². The summed E-state index contributed by atoms with van der Waals surface area (Å²) in [6, 6.07) is 9.77. The highest BCUT2D eigenvalue weighted by Crippen LogP contribution is 2.22. The predicted molar refractivity (Wildman–Crippen MR) is 100 cm³/mol. The van der Waals surface area contributed by atoms with Gasteiger partial charge in [-0.15, -0.1) is 11.3 Å². The van der Waals surface area contributed by atoms with E-state index in [4.69, 9.17) is 8.94 Å². The summed E-state index contributed by atoms with van der Waals surface area (Å²) in [6.45, 7) is 0. The lowest BCUT2D eigenvalue weighted by atomic mass is 10.1. The number of thiazole rings is 1. The lowest BCUT2D eigenvalue weighted by molar-refractivity contribution is -0.116. The Hall–Kier alpha value is -3.33. The number of aromatic nitrogens is 3. The average molecular weight is 398 g/mol. The maximum absolute atomic E-state index is 13.0. The summed E-state index contributed by atoms with van der Waals surface area (Å²) in [4.78, 5) is 21.5. The van der Waals surface area contributed by atoms with E-state index in [9.17, 15) is 9.18 Å². The predicted octanol–water partition coefficient (Wildman–Crippen LogP) is 4.09. The SMILES string of the molecule is O=C(CCc1nc(-c2ccco2)no1)Nc1ncc(Cc2ccc(F)cc2)s1. The van der Waals surface area contributed by atoms with Gasteiger partial charge in [-0.1, -0.05) is 17.3 Å². The summed E-state index contributed by atoms with van der Waals surface area (Å²) in [5, 5.41) is 7.10. The van der Waals surface area contributed by atoms with Crippen LogP contribution in [0, 0.1) is 5.82 Å². The van der Waals surface area contributed by atoms with E-state index in [1.54, 1.807) is 30.5 Å². The summed E-state index contributed by atoms with van der Waals surface area (Å²) in [5.41, 5.74) is 0.978. The Morgan fingerprint density at radius 2 is 2.07 bits per heavy atom. The molecule has 1 aromatic carbocycles. The number of hydrogen-bond acceptors (Lipinski definition) is 7. The maximum Gasteiger partial charge on any atom is 0.238 e. The minimum absolute atomic E-state index is 0.187. The molecule has 9 heteroatoms. The molecule has 4 aromatic rings. The number of rotatable bonds is 7. The van der Waals surface area contributed by atoms with Crippen molar-refractivity contribution in [3.63, 3.8) is 0 Å². The zero-order valence-electron chi connectivity index (χ0n) is 14.6. The first-order valence-electron chi connectivity index (χ1n) is 8.51. The van der Waals surface area contributed by atoms with Gasteiger partial charge in [-0.05, 0) is 29.8 Å². The largest absolute Gasteiger partial charge is 0.461 e. The van der Waals surface area contributed by atoms with Crippen molar-refractivity contribution in [3.05, 3.63) is 71.0 Å². The van der Waals surface area contributed by atoms with Crippen LogP contribution in [0.25, 0.3) is 11.6 Å². The van der Waals surface area contributed by atoms with Crippen molar-refractivity contribution in [2.24, 2.45) is 0 Å². The molecule has 0 atom stereocenters. The molecule has 0 aliphatic carbocycles. The minimum Gasteiger partial charge on any atom is -0.461 e. The number of nitrogens with one attached hydrogen (secondary N) is 1. The van der Waals surface area contributed by atoms with Gasteiger partial charge in [0.1, 0.15) is 5.82 Å². The molecule has 28 heavy (non-hydrogen) atoms. The number of hydrogen-bond donors (Lipinski definition) is 1. The topological polar surface area (TPSA) is 94.0 Å². The molecule has 4 rings (SSSR count). The molecule has 3 heterocycles. The molecule has 0 fully saturated rings. The van der Waals surface area contributed by atoms with Crippen molar-refractivity contribution in [2.75, 3.05) is 5.32 Å². The third kappa shape index (κ3) is 4.49. The van der Waals surface area contributed by atoms with Crippen LogP contribution < -0.4 is 5.32 Å². The molecule has 142 valence electrons. The highest BCUT2D eigenvalue weighted by molar-refractivity contribution is 7.15. The van der Waals surface area contributed by atoms with Crippen LogP contribution in [0.15, 0.2) is 57.8 Å². The highest BCUT2D eigenvalue weighted by Gasteiger charge is 2.13. The maximum atomic E-state index is 13.0. The van der Waals surface area contributed by atoms with Crippen LogP contribution in [-0.4, -0.2) is 21.0 Å². The molecule has 1 amide bonds. The number of carbonyl (C=O) groups excluding carboxylic acids is 1. The molecule has 0 aliphatic heterocycles. The molecule has 3 aromatic heterocycles. The smallest absolute Gasteiger partial charge is 0.238 e. The van der Waals surface area contributed by atoms with E-state index in [0.29, 0.717) is 35.4 Å². The Bertz CT molecular complexity index is 1060. The number of carbonyl (C=O) groups is 1. The summed E-state index contributed by atoms with van der Waals surface area (Å²) in [5.74, 6) is 0.762. The molecular weight excluding hydrogens is 383 g/mol. The summed E-state index contributed by atoms with van der Waals surface area (Å²) in [7, 11) is 0. The molecule has 0 saturated heterocycles. The standard InChI is InChI=1S/C19H15FN4O3S/c20-13-5-3-12(4-6-13)10-14-11-21-19(28-14)22-16(25)7-8-17-23-18(24-27-17)15-2-1-9-26-15/h1-6,9,11H,7-8,10H2,(H,21,22,25). The fourth-order valence-electron chi connectivity index (χ4n) is 2.51. The van der Waals surface area contributed by atoms with E-state index in [-0.39, 0.29) is 18.1 Å². The van der Waals surface area contributed by atoms with Gasteiger partial charge in [-0.25, -0.2) is 9.37 Å². The van der Waals surface area contributed by atoms with Crippen molar-refractivity contribution in [1.82, 2.24) is 15.1 Å². The lowest BCUT2D eigenvalue weighted by Gasteiger charge is -1.99. The molecule has 0 aliphatic rings. The summed E-state index contributed by atoms with van der Waals surface area (Å²) < 4.78 is 23.3. The van der Waals surface area contributed by atoms with Crippen LogP contribution >= 0.6 is 11.3 Å². The van der Waals surface area contributed by atoms with E-state index in [0.717, 1.165) is 10.4 Å². The quantitative estimate of drug-likeness (QED) is 0.504. The Kier molecular flexibility index (Phi) is 5.24. The zero-order valence-corrected chi connectivity index (χ0v) is 15.4. The second-order valence-electron chi connectivity index (χ2n) is 5.97. The number of amides is 1.